The molecular weight excluding hydrogens is 288 g/mol. The first-order valence-electron chi connectivity index (χ1n) is 7.53. The highest BCUT2D eigenvalue weighted by molar-refractivity contribution is 7.89. The molecule has 0 atom stereocenters. The number of sulfonamides is 1. The number of aromatic nitrogens is 2. The van der Waals surface area contributed by atoms with Crippen LogP contribution in [-0.4, -0.2) is 49.7 Å². The van der Waals surface area contributed by atoms with Crippen molar-refractivity contribution in [1.29, 1.82) is 0 Å². The molecule has 1 heterocycles. The van der Waals surface area contributed by atoms with Crippen molar-refractivity contribution in [3.63, 3.8) is 0 Å². The quantitative estimate of drug-likeness (QED) is 0.819. The molecule has 0 bridgehead atoms. The van der Waals surface area contributed by atoms with E-state index in [1.54, 1.807) is 18.7 Å². The minimum atomic E-state index is -3.45. The highest BCUT2D eigenvalue weighted by Gasteiger charge is 2.31. The minimum absolute atomic E-state index is 0.375. The molecule has 1 N–H and O–H groups in total. The molecule has 120 valence electrons. The summed E-state index contributed by atoms with van der Waals surface area (Å²) in [5.41, 5.74) is 1.31. The van der Waals surface area contributed by atoms with Crippen molar-refractivity contribution in [2.24, 2.45) is 5.92 Å². The fraction of sp³-hybridized carbons (Fsp3) is 0.786. The van der Waals surface area contributed by atoms with Crippen LogP contribution in [0.1, 0.15) is 30.7 Å². The Balaban J connectivity index is 2.24. The molecule has 1 aromatic rings. The van der Waals surface area contributed by atoms with Crippen molar-refractivity contribution in [3.8, 4) is 0 Å². The van der Waals surface area contributed by atoms with E-state index in [1.807, 2.05) is 14.0 Å². The molecule has 1 fully saturated rings. The van der Waals surface area contributed by atoms with Crippen LogP contribution < -0.4 is 5.32 Å². The SMILES string of the molecule is CNCCn1nc(C)c(S(=O)(=O)N(C)CC2CCC2)c1C. The molecule has 0 aromatic carbocycles. The Morgan fingerprint density at radius 2 is 2.05 bits per heavy atom. The van der Waals surface area contributed by atoms with Gasteiger partial charge in [-0.15, -0.1) is 0 Å². The van der Waals surface area contributed by atoms with Crippen LogP contribution in [0.4, 0.5) is 0 Å². The third kappa shape index (κ3) is 3.30. The first-order valence-corrected chi connectivity index (χ1v) is 8.97. The van der Waals surface area contributed by atoms with Gasteiger partial charge < -0.3 is 5.32 Å². The van der Waals surface area contributed by atoms with Gasteiger partial charge in [-0.2, -0.15) is 5.10 Å². The maximum atomic E-state index is 12.8. The number of aryl methyl sites for hydroxylation is 1. The van der Waals surface area contributed by atoms with Gasteiger partial charge in [0.25, 0.3) is 0 Å². The number of rotatable bonds is 7. The van der Waals surface area contributed by atoms with Crippen molar-refractivity contribution in [2.45, 2.75) is 44.6 Å². The van der Waals surface area contributed by atoms with Crippen LogP contribution in [-0.2, 0) is 16.6 Å². The molecule has 0 saturated heterocycles. The Hall–Kier alpha value is -0.920. The number of hydrogen-bond acceptors (Lipinski definition) is 4. The predicted molar refractivity (Wildman–Crippen MR) is 82.8 cm³/mol. The lowest BCUT2D eigenvalue weighted by atomic mass is 9.86. The maximum Gasteiger partial charge on any atom is 0.246 e. The highest BCUT2D eigenvalue weighted by Crippen LogP contribution is 2.29. The fourth-order valence-corrected chi connectivity index (χ4v) is 4.39. The third-order valence-corrected chi connectivity index (χ3v) is 6.37. The normalized spacial score (nSPS) is 16.4. The van der Waals surface area contributed by atoms with Gasteiger partial charge >= 0.3 is 0 Å². The third-order valence-electron chi connectivity index (χ3n) is 4.30. The van der Waals surface area contributed by atoms with Crippen LogP contribution >= 0.6 is 0 Å². The Morgan fingerprint density at radius 1 is 1.38 bits per heavy atom. The maximum absolute atomic E-state index is 12.8. The lowest BCUT2D eigenvalue weighted by Gasteiger charge is -2.29. The van der Waals surface area contributed by atoms with Gasteiger partial charge in [0.05, 0.1) is 17.9 Å². The van der Waals surface area contributed by atoms with Gasteiger partial charge in [-0.05, 0) is 39.7 Å². The summed E-state index contributed by atoms with van der Waals surface area (Å²) in [6, 6.07) is 0. The van der Waals surface area contributed by atoms with Gasteiger partial charge in [0, 0.05) is 20.1 Å². The summed E-state index contributed by atoms with van der Waals surface area (Å²) in [6.07, 6.45) is 3.50. The summed E-state index contributed by atoms with van der Waals surface area (Å²) in [4.78, 5) is 0.375. The van der Waals surface area contributed by atoms with Crippen LogP contribution in [0.2, 0.25) is 0 Å². The zero-order valence-corrected chi connectivity index (χ0v) is 14.2. The lowest BCUT2D eigenvalue weighted by molar-refractivity contribution is 0.263. The summed E-state index contributed by atoms with van der Waals surface area (Å²) >= 11 is 0. The van der Waals surface area contributed by atoms with Crippen molar-refractivity contribution >= 4 is 10.0 Å². The fourth-order valence-electron chi connectivity index (χ4n) is 2.78. The summed E-state index contributed by atoms with van der Waals surface area (Å²) in [5, 5.41) is 7.43. The molecule has 1 aliphatic rings. The van der Waals surface area contributed by atoms with E-state index in [1.165, 1.54) is 10.7 Å². The summed E-state index contributed by atoms with van der Waals surface area (Å²) < 4.78 is 28.9. The summed E-state index contributed by atoms with van der Waals surface area (Å²) in [5.74, 6) is 0.518. The second-order valence-electron chi connectivity index (χ2n) is 5.91. The number of hydrogen-bond donors (Lipinski definition) is 1. The molecule has 1 aromatic heterocycles. The van der Waals surface area contributed by atoms with Gasteiger partial charge in [0.15, 0.2) is 0 Å². The van der Waals surface area contributed by atoms with Gasteiger partial charge in [0.1, 0.15) is 4.90 Å². The van der Waals surface area contributed by atoms with E-state index in [4.69, 9.17) is 0 Å². The Labute approximate surface area is 127 Å². The van der Waals surface area contributed by atoms with Gasteiger partial charge in [-0.25, -0.2) is 12.7 Å². The van der Waals surface area contributed by atoms with Crippen LogP contribution in [0.25, 0.3) is 0 Å². The van der Waals surface area contributed by atoms with Gasteiger partial charge in [-0.3, -0.25) is 4.68 Å². The van der Waals surface area contributed by atoms with E-state index < -0.39 is 10.0 Å². The average Bonchev–Trinajstić information content (AvgIpc) is 2.66. The van der Waals surface area contributed by atoms with E-state index in [0.29, 0.717) is 29.6 Å². The largest absolute Gasteiger partial charge is 0.318 e. The molecule has 1 aliphatic carbocycles. The molecule has 7 heteroatoms. The standard InChI is InChI=1S/C14H26N4O2S/c1-11-14(12(2)18(16-11)9-8-15-3)21(19,20)17(4)10-13-6-5-7-13/h13,15H,5-10H2,1-4H3. The zero-order valence-electron chi connectivity index (χ0n) is 13.4. The first-order chi connectivity index (χ1) is 9.87. The minimum Gasteiger partial charge on any atom is -0.318 e. The molecule has 0 spiro atoms. The van der Waals surface area contributed by atoms with Crippen LogP contribution in [0.3, 0.4) is 0 Å². The highest BCUT2D eigenvalue weighted by atomic mass is 32.2. The molecule has 2 rings (SSSR count). The average molecular weight is 314 g/mol. The Bertz CT molecular complexity index is 590. The number of likely N-dealkylation sites (N-methyl/N-ethyl adjacent to an activating group) is 1. The predicted octanol–water partition coefficient (Wildman–Crippen LogP) is 1.14. The second-order valence-corrected chi connectivity index (χ2v) is 7.89. The van der Waals surface area contributed by atoms with Gasteiger partial charge in [-0.1, -0.05) is 6.42 Å². The van der Waals surface area contributed by atoms with Gasteiger partial charge in [0.2, 0.25) is 10.0 Å². The molecule has 6 nitrogen and oxygen atoms in total. The Morgan fingerprint density at radius 3 is 2.57 bits per heavy atom. The van der Waals surface area contributed by atoms with E-state index in [2.05, 4.69) is 10.4 Å². The second kappa shape index (κ2) is 6.46. The molecule has 21 heavy (non-hydrogen) atoms. The first kappa shape index (κ1) is 16.5. The van der Waals surface area contributed by atoms with Crippen LogP contribution in [0.5, 0.6) is 0 Å². The van der Waals surface area contributed by atoms with Crippen molar-refractivity contribution in [2.75, 3.05) is 27.2 Å². The number of nitrogens with zero attached hydrogens (tertiary/aromatic N) is 3. The molecule has 1 saturated carbocycles. The van der Waals surface area contributed by atoms with Crippen LogP contribution in [0.15, 0.2) is 4.90 Å². The van der Waals surface area contributed by atoms with E-state index in [0.717, 1.165) is 25.1 Å². The number of nitrogens with one attached hydrogen (secondary N) is 1. The molecule has 0 aliphatic heterocycles. The molecule has 0 radical (unpaired) electrons. The van der Waals surface area contributed by atoms with Crippen molar-refractivity contribution < 1.29 is 8.42 Å². The smallest absolute Gasteiger partial charge is 0.246 e. The molecule has 0 unspecified atom stereocenters. The van der Waals surface area contributed by atoms with Crippen molar-refractivity contribution in [3.05, 3.63) is 11.4 Å². The summed E-state index contributed by atoms with van der Waals surface area (Å²) in [7, 11) is 0.103. The zero-order chi connectivity index (χ0) is 15.6. The molecule has 0 amide bonds. The van der Waals surface area contributed by atoms with E-state index in [9.17, 15) is 8.42 Å². The topological polar surface area (TPSA) is 67.2 Å². The molecular formula is C14H26N4O2S. The lowest BCUT2D eigenvalue weighted by Crippen LogP contribution is -2.34. The van der Waals surface area contributed by atoms with Crippen LogP contribution in [0, 0.1) is 19.8 Å². The van der Waals surface area contributed by atoms with E-state index in [-0.39, 0.29) is 0 Å². The summed E-state index contributed by atoms with van der Waals surface area (Å²) in [6.45, 7) is 5.65. The Kier molecular flexibility index (Phi) is 5.06. The monoisotopic (exact) mass is 314 g/mol. The van der Waals surface area contributed by atoms with Crippen molar-refractivity contribution in [1.82, 2.24) is 19.4 Å². The van der Waals surface area contributed by atoms with E-state index >= 15 is 0 Å².